The smallest absolute Gasteiger partial charge is 0.134 e. The van der Waals surface area contributed by atoms with Gasteiger partial charge in [0.25, 0.3) is 0 Å². The molecule has 1 aliphatic carbocycles. The Hall–Kier alpha value is -3.03. The van der Waals surface area contributed by atoms with E-state index in [2.05, 4.69) is 5.32 Å². The van der Waals surface area contributed by atoms with Crippen molar-refractivity contribution >= 4 is 0 Å². The molecule has 1 saturated heterocycles. The second kappa shape index (κ2) is 11.9. The highest BCUT2D eigenvalue weighted by Crippen LogP contribution is 2.50. The minimum atomic E-state index is -1.53. The molecule has 2 heterocycles. The van der Waals surface area contributed by atoms with Crippen molar-refractivity contribution in [3.8, 4) is 11.5 Å². The van der Waals surface area contributed by atoms with Gasteiger partial charge >= 0.3 is 0 Å². The maximum absolute atomic E-state index is 15.9. The zero-order valence-corrected chi connectivity index (χ0v) is 24.6. The monoisotopic (exact) mass is 578 g/mol. The van der Waals surface area contributed by atoms with Crippen molar-refractivity contribution in [2.24, 2.45) is 5.41 Å². The molecule has 0 amide bonds. The largest absolute Gasteiger partial charge is 0.490 e. The topological polar surface area (TPSA) is 33.7 Å². The molecule has 42 heavy (non-hydrogen) atoms. The Labute approximate surface area is 247 Å². The minimum Gasteiger partial charge on any atom is -0.490 e. The number of hydrogen-bond acceptors (Lipinski definition) is 4. The van der Waals surface area contributed by atoms with E-state index >= 15 is 8.78 Å². The lowest BCUT2D eigenvalue weighted by Gasteiger charge is -2.47. The van der Waals surface area contributed by atoms with Crippen LogP contribution in [0.4, 0.5) is 13.2 Å². The van der Waals surface area contributed by atoms with Crippen LogP contribution in [0.25, 0.3) is 0 Å². The van der Waals surface area contributed by atoms with Crippen LogP contribution in [0.1, 0.15) is 74.2 Å². The number of alkyl halides is 1. The summed E-state index contributed by atoms with van der Waals surface area (Å²) in [6, 6.07) is 17.4. The molecule has 1 unspecified atom stereocenters. The van der Waals surface area contributed by atoms with E-state index < -0.39 is 23.3 Å². The molecule has 1 atom stereocenters. The van der Waals surface area contributed by atoms with Gasteiger partial charge in [-0.1, -0.05) is 36.4 Å². The zero-order chi connectivity index (χ0) is 29.3. The summed E-state index contributed by atoms with van der Waals surface area (Å²) in [4.78, 5) is 1.85. The van der Waals surface area contributed by atoms with Crippen molar-refractivity contribution in [1.29, 1.82) is 0 Å². The fourth-order valence-electron chi connectivity index (χ4n) is 7.15. The highest BCUT2D eigenvalue weighted by Gasteiger charge is 2.45. The number of nitrogens with zero attached hydrogens (tertiary/aromatic N) is 1. The Kier molecular flexibility index (Phi) is 8.25. The van der Waals surface area contributed by atoms with Gasteiger partial charge in [-0.25, -0.2) is 13.2 Å². The standard InChI is InChI=1S/C35H41F3N2O2/c1-34(2,38)23-40-16-11-25-17-26(41-22-24-7-4-3-5-8-24)9-10-29(25)33(40)32-30(36)18-27(19-31(32)37)42-28-20-35(21-28)12-6-14-39-15-13-35/h3-5,7-10,17-19,28,33,39H,6,11-16,20-23H2,1-2H3. The van der Waals surface area contributed by atoms with E-state index in [0.717, 1.165) is 55.5 Å². The van der Waals surface area contributed by atoms with Gasteiger partial charge in [-0.15, -0.1) is 0 Å². The SMILES string of the molecule is CC(C)(F)CN1CCc2cc(OCc3ccccc3)ccc2C1c1c(F)cc(OC2CC3(CCCNCC3)C2)cc1F. The van der Waals surface area contributed by atoms with Crippen LogP contribution in [0.15, 0.2) is 60.7 Å². The van der Waals surface area contributed by atoms with Gasteiger partial charge in [0.2, 0.25) is 0 Å². The number of nitrogens with one attached hydrogen (secondary N) is 1. The number of halogens is 3. The van der Waals surface area contributed by atoms with Gasteiger partial charge in [-0.2, -0.15) is 0 Å². The molecular weight excluding hydrogens is 537 g/mol. The average molecular weight is 579 g/mol. The molecule has 0 bridgehead atoms. The Morgan fingerprint density at radius 3 is 2.45 bits per heavy atom. The number of fused-ring (bicyclic) bond motifs is 1. The maximum Gasteiger partial charge on any atom is 0.134 e. The van der Waals surface area contributed by atoms with Gasteiger partial charge in [0.15, 0.2) is 0 Å². The Morgan fingerprint density at radius 2 is 1.71 bits per heavy atom. The number of benzene rings is 3. The third-order valence-corrected chi connectivity index (χ3v) is 9.11. The molecule has 2 aliphatic heterocycles. The van der Waals surface area contributed by atoms with E-state index in [9.17, 15) is 4.39 Å². The van der Waals surface area contributed by atoms with Gasteiger partial charge in [0, 0.05) is 30.8 Å². The number of ether oxygens (including phenoxy) is 2. The van der Waals surface area contributed by atoms with Crippen molar-refractivity contribution in [1.82, 2.24) is 10.2 Å². The summed E-state index contributed by atoms with van der Waals surface area (Å²) < 4.78 is 58.8. The number of hydrogen-bond donors (Lipinski definition) is 1. The average Bonchev–Trinajstić information content (AvgIpc) is 3.18. The lowest BCUT2D eigenvalue weighted by molar-refractivity contribution is -0.0235. The Bertz CT molecular complexity index is 1350. The van der Waals surface area contributed by atoms with Gasteiger partial charge in [-0.3, -0.25) is 4.90 Å². The van der Waals surface area contributed by atoms with Crippen LogP contribution in [0.2, 0.25) is 0 Å². The molecule has 0 aromatic heterocycles. The van der Waals surface area contributed by atoms with Gasteiger partial charge in [-0.05, 0) is 99.7 Å². The van der Waals surface area contributed by atoms with E-state index in [0.29, 0.717) is 30.7 Å². The summed E-state index contributed by atoms with van der Waals surface area (Å²) in [6.07, 6.45) is 5.89. The van der Waals surface area contributed by atoms with Crippen LogP contribution in [-0.4, -0.2) is 42.9 Å². The molecule has 3 aromatic carbocycles. The normalized spacial score (nSPS) is 24.5. The van der Waals surface area contributed by atoms with E-state index in [4.69, 9.17) is 9.47 Å². The van der Waals surface area contributed by atoms with Crippen molar-refractivity contribution in [3.05, 3.63) is 94.6 Å². The summed E-state index contributed by atoms with van der Waals surface area (Å²) in [7, 11) is 0. The van der Waals surface area contributed by atoms with E-state index in [1.807, 2.05) is 53.4 Å². The van der Waals surface area contributed by atoms with E-state index in [-0.39, 0.29) is 24.0 Å². The molecule has 3 aromatic rings. The van der Waals surface area contributed by atoms with Crippen LogP contribution >= 0.6 is 0 Å². The summed E-state index contributed by atoms with van der Waals surface area (Å²) in [5.41, 5.74) is 1.48. The van der Waals surface area contributed by atoms with E-state index in [1.165, 1.54) is 32.4 Å². The lowest BCUT2D eigenvalue weighted by Crippen LogP contribution is -2.44. The van der Waals surface area contributed by atoms with Crippen molar-refractivity contribution in [3.63, 3.8) is 0 Å². The molecule has 7 heteroatoms. The van der Waals surface area contributed by atoms with Crippen LogP contribution in [-0.2, 0) is 13.0 Å². The van der Waals surface area contributed by atoms with Gasteiger partial charge in [0.05, 0.1) is 12.1 Å². The first-order valence-corrected chi connectivity index (χ1v) is 15.3. The predicted octanol–water partition coefficient (Wildman–Crippen LogP) is 7.54. The minimum absolute atomic E-state index is 0.0266. The molecule has 224 valence electrons. The molecule has 1 N–H and O–H groups in total. The maximum atomic E-state index is 15.9. The van der Waals surface area contributed by atoms with Crippen LogP contribution in [0, 0.1) is 17.0 Å². The molecule has 2 fully saturated rings. The third-order valence-electron chi connectivity index (χ3n) is 9.11. The fraction of sp³-hybridized carbons (Fsp3) is 0.486. The molecule has 0 radical (unpaired) electrons. The Morgan fingerprint density at radius 1 is 0.952 bits per heavy atom. The van der Waals surface area contributed by atoms with Crippen molar-refractivity contribution in [2.45, 2.75) is 76.8 Å². The first-order valence-electron chi connectivity index (χ1n) is 15.3. The van der Waals surface area contributed by atoms with Gasteiger partial charge < -0.3 is 14.8 Å². The second-order valence-corrected chi connectivity index (χ2v) is 13.0. The predicted molar refractivity (Wildman–Crippen MR) is 159 cm³/mol. The molecule has 3 aliphatic rings. The summed E-state index contributed by atoms with van der Waals surface area (Å²) >= 11 is 0. The summed E-state index contributed by atoms with van der Waals surface area (Å²) in [5.74, 6) is -0.412. The quantitative estimate of drug-likeness (QED) is 0.300. The molecule has 4 nitrogen and oxygen atoms in total. The molecule has 6 rings (SSSR count). The second-order valence-electron chi connectivity index (χ2n) is 13.0. The third kappa shape index (κ3) is 6.47. The summed E-state index contributed by atoms with van der Waals surface area (Å²) in [6.45, 7) is 6.02. The summed E-state index contributed by atoms with van der Waals surface area (Å²) in [5, 5.41) is 3.45. The Balaban J connectivity index is 1.24. The molecule has 1 saturated carbocycles. The van der Waals surface area contributed by atoms with Crippen LogP contribution < -0.4 is 14.8 Å². The first kappa shape index (κ1) is 29.1. The van der Waals surface area contributed by atoms with E-state index in [1.54, 1.807) is 0 Å². The fourth-order valence-corrected chi connectivity index (χ4v) is 7.15. The number of rotatable bonds is 8. The lowest BCUT2D eigenvalue weighted by atomic mass is 9.62. The van der Waals surface area contributed by atoms with Gasteiger partial charge in [0.1, 0.15) is 35.4 Å². The highest BCUT2D eigenvalue weighted by atomic mass is 19.1. The highest BCUT2D eigenvalue weighted by molar-refractivity contribution is 5.46. The van der Waals surface area contributed by atoms with Crippen LogP contribution in [0.5, 0.6) is 11.5 Å². The molecule has 1 spiro atoms. The van der Waals surface area contributed by atoms with Crippen molar-refractivity contribution in [2.75, 3.05) is 26.2 Å². The van der Waals surface area contributed by atoms with Crippen molar-refractivity contribution < 1.29 is 22.6 Å². The first-order chi connectivity index (χ1) is 20.2. The molecular formula is C35H41F3N2O2. The zero-order valence-electron chi connectivity index (χ0n) is 24.6. The van der Waals surface area contributed by atoms with Crippen LogP contribution in [0.3, 0.4) is 0 Å².